The number of piperazine rings is 1. The molecule has 0 atom stereocenters. The summed E-state index contributed by atoms with van der Waals surface area (Å²) in [4.78, 5) is 16.9. The second-order valence-corrected chi connectivity index (χ2v) is 8.72. The van der Waals surface area contributed by atoms with E-state index in [9.17, 15) is 13.6 Å². The van der Waals surface area contributed by atoms with Gasteiger partial charge in [-0.2, -0.15) is 0 Å². The van der Waals surface area contributed by atoms with E-state index in [4.69, 9.17) is 4.74 Å². The summed E-state index contributed by atoms with van der Waals surface area (Å²) in [6, 6.07) is 26.5. The number of hydrogen-bond acceptors (Lipinski definition) is 3. The maximum absolute atomic E-state index is 13.5. The second-order valence-electron chi connectivity index (χ2n) is 8.72. The van der Waals surface area contributed by atoms with Crippen molar-refractivity contribution in [3.05, 3.63) is 114 Å². The summed E-state index contributed by atoms with van der Waals surface area (Å²) in [6.07, 6.45) is 0. The van der Waals surface area contributed by atoms with Gasteiger partial charge >= 0.3 is 0 Å². The van der Waals surface area contributed by atoms with Crippen LogP contribution >= 0.6 is 0 Å². The molecular weight excluding hydrogens is 446 g/mol. The Hall–Kier alpha value is -3.77. The van der Waals surface area contributed by atoms with E-state index in [1.807, 2.05) is 47.4 Å². The molecule has 1 saturated heterocycles. The minimum absolute atomic E-state index is 0.0162. The molecule has 4 aromatic carbocycles. The summed E-state index contributed by atoms with van der Waals surface area (Å²) < 4.78 is 32.9. The van der Waals surface area contributed by atoms with Crippen molar-refractivity contribution in [2.75, 3.05) is 32.8 Å². The normalized spacial score (nSPS) is 14.4. The van der Waals surface area contributed by atoms with Crippen LogP contribution in [0.25, 0.3) is 10.8 Å². The van der Waals surface area contributed by atoms with Crippen LogP contribution in [0, 0.1) is 11.6 Å². The van der Waals surface area contributed by atoms with E-state index in [0.29, 0.717) is 31.9 Å². The molecule has 0 saturated carbocycles. The fourth-order valence-electron chi connectivity index (χ4n) is 4.63. The molecule has 5 rings (SSSR count). The van der Waals surface area contributed by atoms with Gasteiger partial charge in [0.25, 0.3) is 5.91 Å². The van der Waals surface area contributed by atoms with Crippen molar-refractivity contribution in [1.29, 1.82) is 0 Å². The Kier molecular flexibility index (Phi) is 6.73. The molecule has 4 nitrogen and oxygen atoms in total. The molecule has 0 aromatic heterocycles. The average molecular weight is 473 g/mol. The van der Waals surface area contributed by atoms with E-state index >= 15 is 0 Å². The fourth-order valence-corrected chi connectivity index (χ4v) is 4.63. The minimum atomic E-state index is -0.298. The van der Waals surface area contributed by atoms with Crippen LogP contribution in [-0.4, -0.2) is 48.5 Å². The topological polar surface area (TPSA) is 32.8 Å². The summed E-state index contributed by atoms with van der Waals surface area (Å²) in [7, 11) is 0. The molecule has 6 heteroatoms. The van der Waals surface area contributed by atoms with Gasteiger partial charge < -0.3 is 9.64 Å². The molecule has 178 valence electrons. The van der Waals surface area contributed by atoms with Crippen LogP contribution in [0.1, 0.15) is 17.2 Å². The molecule has 1 aliphatic rings. The Morgan fingerprint density at radius 3 is 1.91 bits per heavy atom. The first-order valence-corrected chi connectivity index (χ1v) is 11.7. The van der Waals surface area contributed by atoms with Crippen LogP contribution in [0.3, 0.4) is 0 Å². The van der Waals surface area contributed by atoms with Crippen molar-refractivity contribution in [1.82, 2.24) is 9.80 Å². The Morgan fingerprint density at radius 2 is 1.31 bits per heavy atom. The van der Waals surface area contributed by atoms with Gasteiger partial charge in [-0.05, 0) is 58.3 Å². The third-order valence-corrected chi connectivity index (χ3v) is 6.49. The molecule has 4 aromatic rings. The highest BCUT2D eigenvalue weighted by Crippen LogP contribution is 2.30. The average Bonchev–Trinajstić information content (AvgIpc) is 2.90. The van der Waals surface area contributed by atoms with Crippen molar-refractivity contribution in [3.63, 3.8) is 0 Å². The van der Waals surface area contributed by atoms with Gasteiger partial charge in [-0.25, -0.2) is 8.78 Å². The number of benzene rings is 4. The monoisotopic (exact) mass is 472 g/mol. The number of carbonyl (C=O) groups excluding carboxylic acids is 1. The van der Waals surface area contributed by atoms with Crippen molar-refractivity contribution in [3.8, 4) is 5.75 Å². The summed E-state index contributed by atoms with van der Waals surface area (Å²) >= 11 is 0. The summed E-state index contributed by atoms with van der Waals surface area (Å²) in [6.45, 7) is 2.37. The van der Waals surface area contributed by atoms with Crippen molar-refractivity contribution in [2.45, 2.75) is 6.04 Å². The number of ether oxygens (including phenoxy) is 1. The maximum Gasteiger partial charge on any atom is 0.260 e. The number of amides is 1. The van der Waals surface area contributed by atoms with Crippen LogP contribution in [0.4, 0.5) is 8.78 Å². The van der Waals surface area contributed by atoms with E-state index < -0.39 is 0 Å². The zero-order valence-electron chi connectivity index (χ0n) is 19.2. The summed E-state index contributed by atoms with van der Waals surface area (Å²) in [5.41, 5.74) is 1.86. The molecular formula is C29H26F2N2O2. The Morgan fingerprint density at radius 1 is 0.743 bits per heavy atom. The third-order valence-electron chi connectivity index (χ3n) is 6.49. The van der Waals surface area contributed by atoms with Crippen LogP contribution < -0.4 is 4.74 Å². The van der Waals surface area contributed by atoms with Gasteiger partial charge in [0.2, 0.25) is 0 Å². The standard InChI is InChI=1S/C29H26F2N2O2/c30-25-10-5-22(6-11-25)29(23-7-12-26(31)13-8-23)33-17-15-32(16-18-33)28(34)20-35-27-14-9-21-3-1-2-4-24(21)19-27/h1-14,19,29H,15-18,20H2. The number of fused-ring (bicyclic) bond motifs is 1. The Labute approximate surface area is 203 Å². The largest absolute Gasteiger partial charge is 0.484 e. The number of halogens is 2. The number of hydrogen-bond donors (Lipinski definition) is 0. The SMILES string of the molecule is O=C(COc1ccc2ccccc2c1)N1CCN(C(c2ccc(F)cc2)c2ccc(F)cc2)CC1. The van der Waals surface area contributed by atoms with E-state index in [2.05, 4.69) is 4.90 Å². The van der Waals surface area contributed by atoms with Crippen LogP contribution in [-0.2, 0) is 4.79 Å². The molecule has 0 N–H and O–H groups in total. The highest BCUT2D eigenvalue weighted by Gasteiger charge is 2.28. The molecule has 35 heavy (non-hydrogen) atoms. The third kappa shape index (κ3) is 5.33. The molecule has 1 heterocycles. The molecule has 0 radical (unpaired) electrons. The zero-order valence-corrected chi connectivity index (χ0v) is 19.2. The number of rotatable bonds is 6. The lowest BCUT2D eigenvalue weighted by Crippen LogP contribution is -2.51. The lowest BCUT2D eigenvalue weighted by Gasteiger charge is -2.39. The van der Waals surface area contributed by atoms with Gasteiger partial charge in [-0.1, -0.05) is 54.6 Å². The lowest BCUT2D eigenvalue weighted by atomic mass is 9.96. The first-order valence-electron chi connectivity index (χ1n) is 11.7. The van der Waals surface area contributed by atoms with Gasteiger partial charge in [-0.3, -0.25) is 9.69 Å². The number of nitrogens with zero attached hydrogens (tertiary/aromatic N) is 2. The smallest absolute Gasteiger partial charge is 0.260 e. The van der Waals surface area contributed by atoms with Crippen LogP contribution in [0.5, 0.6) is 5.75 Å². The zero-order chi connectivity index (χ0) is 24.2. The molecule has 0 aliphatic carbocycles. The van der Waals surface area contributed by atoms with E-state index in [0.717, 1.165) is 21.9 Å². The van der Waals surface area contributed by atoms with Crippen molar-refractivity contribution >= 4 is 16.7 Å². The Bertz CT molecular complexity index is 1260. The van der Waals surface area contributed by atoms with Gasteiger partial charge in [0.05, 0.1) is 6.04 Å². The highest BCUT2D eigenvalue weighted by molar-refractivity contribution is 5.84. The molecule has 0 unspecified atom stereocenters. The predicted octanol–water partition coefficient (Wildman–Crippen LogP) is 5.43. The number of carbonyl (C=O) groups is 1. The molecule has 1 aliphatic heterocycles. The second kappa shape index (κ2) is 10.2. The fraction of sp³-hybridized carbons (Fsp3) is 0.207. The van der Waals surface area contributed by atoms with E-state index in [-0.39, 0.29) is 30.2 Å². The van der Waals surface area contributed by atoms with Crippen LogP contribution in [0.15, 0.2) is 91.0 Å². The molecule has 1 amide bonds. The summed E-state index contributed by atoms with van der Waals surface area (Å²) in [5, 5.41) is 2.19. The highest BCUT2D eigenvalue weighted by atomic mass is 19.1. The predicted molar refractivity (Wildman–Crippen MR) is 132 cm³/mol. The van der Waals surface area contributed by atoms with E-state index in [1.54, 1.807) is 24.3 Å². The maximum atomic E-state index is 13.5. The van der Waals surface area contributed by atoms with E-state index in [1.165, 1.54) is 24.3 Å². The van der Waals surface area contributed by atoms with Gasteiger partial charge in [0, 0.05) is 26.2 Å². The molecule has 0 bridgehead atoms. The minimum Gasteiger partial charge on any atom is -0.484 e. The first-order chi connectivity index (χ1) is 17.1. The first kappa shape index (κ1) is 23.0. The van der Waals surface area contributed by atoms with Gasteiger partial charge in [0.1, 0.15) is 17.4 Å². The lowest BCUT2D eigenvalue weighted by molar-refractivity contribution is -0.135. The Balaban J connectivity index is 1.23. The van der Waals surface area contributed by atoms with Gasteiger partial charge in [0.15, 0.2) is 6.61 Å². The van der Waals surface area contributed by atoms with Crippen molar-refractivity contribution in [2.24, 2.45) is 0 Å². The van der Waals surface area contributed by atoms with Gasteiger partial charge in [-0.15, -0.1) is 0 Å². The van der Waals surface area contributed by atoms with Crippen LogP contribution in [0.2, 0.25) is 0 Å². The summed E-state index contributed by atoms with van der Waals surface area (Å²) in [5.74, 6) is 0.0168. The molecule has 0 spiro atoms. The quantitative estimate of drug-likeness (QED) is 0.375. The van der Waals surface area contributed by atoms with Crippen molar-refractivity contribution < 1.29 is 18.3 Å². The molecule has 1 fully saturated rings.